The predicted molar refractivity (Wildman–Crippen MR) is 168 cm³/mol. The summed E-state index contributed by atoms with van der Waals surface area (Å²) in [7, 11) is 4.04. The molecule has 0 spiro atoms. The van der Waals surface area contributed by atoms with Crippen LogP contribution >= 0.6 is 0 Å². The van der Waals surface area contributed by atoms with E-state index in [-0.39, 0.29) is 12.4 Å². The van der Waals surface area contributed by atoms with Crippen molar-refractivity contribution >= 4 is 5.97 Å². The lowest BCUT2D eigenvalue weighted by Crippen LogP contribution is -2.24. The molecule has 0 saturated carbocycles. The molecule has 0 aromatic rings. The second-order valence-corrected chi connectivity index (χ2v) is 10.9. The van der Waals surface area contributed by atoms with Gasteiger partial charge in [-0.25, -0.2) is 0 Å². The standard InChI is InChI=1S/C31H63NO13/c1-31(2,3)45-30(33)6-8-34-10-12-36-14-16-38-18-20-40-22-24-42-26-28-44-29-27-43-25-23-41-21-19-39-17-15-37-13-11-35-9-7-32(4)5/h6-29H2,1-5H3. The molecule has 14 heteroatoms. The first-order chi connectivity index (χ1) is 21.8. The molecule has 0 aliphatic rings. The van der Waals surface area contributed by atoms with Crippen molar-refractivity contribution in [2.24, 2.45) is 0 Å². The SMILES string of the molecule is CN(C)CCOCCOCCOCCOCCOCCOCCOCCOCCOCCOCCOCCC(=O)OC(C)(C)C. The minimum absolute atomic E-state index is 0.233. The van der Waals surface area contributed by atoms with Gasteiger partial charge in [-0.1, -0.05) is 0 Å². The first kappa shape index (κ1) is 44.0. The molecule has 0 radical (unpaired) electrons. The first-order valence-corrected chi connectivity index (χ1v) is 16.0. The van der Waals surface area contributed by atoms with Crippen molar-refractivity contribution in [2.45, 2.75) is 32.8 Å². The van der Waals surface area contributed by atoms with Gasteiger partial charge >= 0.3 is 5.97 Å². The van der Waals surface area contributed by atoms with Gasteiger partial charge in [0.2, 0.25) is 0 Å². The molecule has 270 valence electrons. The molecular weight excluding hydrogens is 594 g/mol. The summed E-state index contributed by atoms with van der Waals surface area (Å²) < 4.78 is 65.1. The maximum Gasteiger partial charge on any atom is 0.308 e. The molecule has 0 atom stereocenters. The lowest BCUT2D eigenvalue weighted by molar-refractivity contribution is -0.156. The molecule has 0 heterocycles. The van der Waals surface area contributed by atoms with Crippen molar-refractivity contribution in [3.63, 3.8) is 0 Å². The van der Waals surface area contributed by atoms with Crippen molar-refractivity contribution in [2.75, 3.05) is 166 Å². The average Bonchev–Trinajstić information content (AvgIpc) is 2.98. The quantitative estimate of drug-likeness (QED) is 0.0712. The van der Waals surface area contributed by atoms with E-state index in [2.05, 4.69) is 4.90 Å². The molecule has 0 amide bonds. The number of nitrogens with zero attached hydrogens (tertiary/aromatic N) is 1. The van der Waals surface area contributed by atoms with Crippen LogP contribution in [0.15, 0.2) is 0 Å². The van der Waals surface area contributed by atoms with Gasteiger partial charge < -0.3 is 61.7 Å². The number of rotatable bonds is 36. The molecule has 0 unspecified atom stereocenters. The summed E-state index contributed by atoms with van der Waals surface area (Å²) in [5.41, 5.74) is -0.472. The van der Waals surface area contributed by atoms with E-state index in [4.69, 9.17) is 56.8 Å². The molecule has 0 bridgehead atoms. The van der Waals surface area contributed by atoms with Gasteiger partial charge in [0.25, 0.3) is 0 Å². The second-order valence-electron chi connectivity index (χ2n) is 10.9. The Bertz CT molecular complexity index is 609. The lowest BCUT2D eigenvalue weighted by atomic mass is 10.2. The van der Waals surface area contributed by atoms with E-state index in [0.717, 1.165) is 6.54 Å². The normalized spacial score (nSPS) is 12.0. The molecule has 0 aromatic carbocycles. The molecule has 0 rings (SSSR count). The third kappa shape index (κ3) is 41.0. The highest BCUT2D eigenvalue weighted by molar-refractivity contribution is 5.69. The number of carbonyl (C=O) groups is 1. The van der Waals surface area contributed by atoms with Crippen LogP contribution in [0.5, 0.6) is 0 Å². The zero-order chi connectivity index (χ0) is 33.1. The number of hydrogen-bond donors (Lipinski definition) is 0. The fourth-order valence-electron chi connectivity index (χ4n) is 3.10. The van der Waals surface area contributed by atoms with Crippen molar-refractivity contribution < 1.29 is 61.6 Å². The van der Waals surface area contributed by atoms with Crippen LogP contribution in [0.4, 0.5) is 0 Å². The molecule has 0 fully saturated rings. The number of ether oxygens (including phenoxy) is 12. The summed E-state index contributed by atoms with van der Waals surface area (Å²) in [5.74, 6) is -0.264. The summed E-state index contributed by atoms with van der Waals surface area (Å²) in [6, 6.07) is 0. The van der Waals surface area contributed by atoms with Crippen LogP contribution in [-0.2, 0) is 61.6 Å². The van der Waals surface area contributed by atoms with Gasteiger partial charge in [-0.3, -0.25) is 4.79 Å². The number of esters is 1. The molecule has 0 aliphatic carbocycles. The Kier molecular flexibility index (Phi) is 33.6. The Labute approximate surface area is 271 Å². The van der Waals surface area contributed by atoms with Gasteiger partial charge in [-0.15, -0.1) is 0 Å². The predicted octanol–water partition coefficient (Wildman–Crippen LogP) is 1.46. The summed E-state index contributed by atoms with van der Waals surface area (Å²) >= 11 is 0. The summed E-state index contributed by atoms with van der Waals surface area (Å²) in [5, 5.41) is 0. The van der Waals surface area contributed by atoms with Gasteiger partial charge in [0.15, 0.2) is 0 Å². The molecular formula is C31H63NO13. The number of likely N-dealkylation sites (N-methyl/N-ethyl adjacent to an activating group) is 1. The molecule has 0 saturated heterocycles. The Morgan fingerprint density at radius 1 is 0.400 bits per heavy atom. The number of carbonyl (C=O) groups excluding carboxylic acids is 1. The summed E-state index contributed by atoms with van der Waals surface area (Å²) in [4.78, 5) is 13.6. The van der Waals surface area contributed by atoms with Gasteiger partial charge in [0.05, 0.1) is 152 Å². The molecule has 0 aliphatic heterocycles. The first-order valence-electron chi connectivity index (χ1n) is 16.0. The van der Waals surface area contributed by atoms with E-state index in [1.54, 1.807) is 0 Å². The fourth-order valence-corrected chi connectivity index (χ4v) is 3.10. The van der Waals surface area contributed by atoms with Gasteiger partial charge in [0, 0.05) is 6.54 Å². The Morgan fingerprint density at radius 2 is 0.622 bits per heavy atom. The van der Waals surface area contributed by atoms with Crippen LogP contribution in [-0.4, -0.2) is 182 Å². The van der Waals surface area contributed by atoms with E-state index >= 15 is 0 Å². The van der Waals surface area contributed by atoms with E-state index in [0.29, 0.717) is 145 Å². The summed E-state index contributed by atoms with van der Waals surface area (Å²) in [6.07, 6.45) is 0.233. The fraction of sp³-hybridized carbons (Fsp3) is 0.968. The topological polar surface area (TPSA) is 131 Å². The molecule has 14 nitrogen and oxygen atoms in total. The summed E-state index contributed by atoms with van der Waals surface area (Å²) in [6.45, 7) is 17.6. The third-order valence-electron chi connectivity index (χ3n) is 5.27. The van der Waals surface area contributed by atoms with Crippen molar-refractivity contribution in [1.82, 2.24) is 4.90 Å². The van der Waals surface area contributed by atoms with E-state index in [9.17, 15) is 4.79 Å². The third-order valence-corrected chi connectivity index (χ3v) is 5.27. The average molecular weight is 658 g/mol. The van der Waals surface area contributed by atoms with Crippen LogP contribution in [0, 0.1) is 0 Å². The van der Waals surface area contributed by atoms with Crippen molar-refractivity contribution in [3.05, 3.63) is 0 Å². The Morgan fingerprint density at radius 3 is 0.844 bits per heavy atom. The largest absolute Gasteiger partial charge is 0.460 e. The van der Waals surface area contributed by atoms with Gasteiger partial charge in [-0.05, 0) is 34.9 Å². The lowest BCUT2D eigenvalue weighted by Gasteiger charge is -2.19. The van der Waals surface area contributed by atoms with Crippen LogP contribution in [0.25, 0.3) is 0 Å². The minimum atomic E-state index is -0.472. The van der Waals surface area contributed by atoms with Crippen LogP contribution < -0.4 is 0 Å². The number of hydrogen-bond acceptors (Lipinski definition) is 14. The maximum atomic E-state index is 11.6. The molecule has 0 aromatic heterocycles. The van der Waals surface area contributed by atoms with Crippen LogP contribution in [0.3, 0.4) is 0 Å². The highest BCUT2D eigenvalue weighted by Gasteiger charge is 2.15. The van der Waals surface area contributed by atoms with Crippen molar-refractivity contribution in [1.29, 1.82) is 0 Å². The minimum Gasteiger partial charge on any atom is -0.460 e. The molecule has 0 N–H and O–H groups in total. The smallest absolute Gasteiger partial charge is 0.308 e. The Balaban J connectivity index is 3.09. The van der Waals surface area contributed by atoms with Gasteiger partial charge in [-0.2, -0.15) is 0 Å². The highest BCUT2D eigenvalue weighted by Crippen LogP contribution is 2.08. The zero-order valence-corrected chi connectivity index (χ0v) is 28.7. The molecule has 45 heavy (non-hydrogen) atoms. The maximum absolute atomic E-state index is 11.6. The van der Waals surface area contributed by atoms with Gasteiger partial charge in [0.1, 0.15) is 5.60 Å². The van der Waals surface area contributed by atoms with Crippen LogP contribution in [0.1, 0.15) is 27.2 Å². The zero-order valence-electron chi connectivity index (χ0n) is 28.7. The highest BCUT2D eigenvalue weighted by atomic mass is 16.6. The van der Waals surface area contributed by atoms with E-state index in [1.165, 1.54) is 0 Å². The van der Waals surface area contributed by atoms with Crippen LogP contribution in [0.2, 0.25) is 0 Å². The Hall–Kier alpha value is -1.01. The van der Waals surface area contributed by atoms with E-state index in [1.807, 2.05) is 34.9 Å². The monoisotopic (exact) mass is 657 g/mol. The van der Waals surface area contributed by atoms with Crippen molar-refractivity contribution in [3.8, 4) is 0 Å². The van der Waals surface area contributed by atoms with E-state index < -0.39 is 5.60 Å². The second kappa shape index (κ2) is 34.3.